The maximum Gasteiger partial charge on any atom is 0.137 e. The van der Waals surface area contributed by atoms with E-state index in [1.54, 1.807) is 0 Å². The molecule has 0 aliphatic carbocycles. The van der Waals surface area contributed by atoms with Crippen LogP contribution in [-0.2, 0) is 86.5 Å². The number of hydrogen-bond donors (Lipinski definition) is 0. The average Bonchev–Trinajstić information content (AvgIpc) is 1.11. The summed E-state index contributed by atoms with van der Waals surface area (Å²) < 4.78 is 37.1. The summed E-state index contributed by atoms with van der Waals surface area (Å²) in [7, 11) is 8.37. The van der Waals surface area contributed by atoms with Crippen molar-refractivity contribution in [3.63, 3.8) is 0 Å². The number of ether oxygens (including phenoxy) is 3. The van der Waals surface area contributed by atoms with Crippen molar-refractivity contribution >= 4 is 192 Å². The molecule has 12 heterocycles. The van der Waals surface area contributed by atoms with Crippen molar-refractivity contribution < 1.29 is 81.8 Å². The molecule has 0 radical (unpaired) electrons. The Balaban J connectivity index is 0.000000123. The van der Waals surface area contributed by atoms with Gasteiger partial charge < -0.3 is 66.3 Å². The van der Waals surface area contributed by atoms with Crippen LogP contribution in [-0.4, -0.2) is 54.4 Å². The second kappa shape index (κ2) is 37.1. The van der Waals surface area contributed by atoms with E-state index in [2.05, 4.69) is 419 Å². The van der Waals surface area contributed by atoms with Gasteiger partial charge in [-0.05, 0) is 179 Å². The van der Waals surface area contributed by atoms with Gasteiger partial charge in [0, 0.05) is 216 Å². The van der Waals surface area contributed by atoms with Gasteiger partial charge in [0.2, 0.25) is 0 Å². The van der Waals surface area contributed by atoms with Crippen LogP contribution in [0.2, 0.25) is 0 Å². The van der Waals surface area contributed by atoms with E-state index < -0.39 is 0 Å². The third kappa shape index (κ3) is 16.6. The Labute approximate surface area is 888 Å². The molecule has 0 unspecified atom stereocenters. The van der Waals surface area contributed by atoms with Crippen LogP contribution in [0.25, 0.3) is 147 Å². The minimum absolute atomic E-state index is 0. The fourth-order valence-electron chi connectivity index (χ4n) is 20.6. The largest absolute Gasteiger partial charge is 0.509 e. The summed E-state index contributed by atoms with van der Waals surface area (Å²) in [4.78, 5) is 27.5. The number of aromatic nitrogens is 7. The van der Waals surface area contributed by atoms with E-state index in [1.165, 1.54) is 64.4 Å². The van der Waals surface area contributed by atoms with E-state index in [0.29, 0.717) is 34.5 Å². The van der Waals surface area contributed by atoms with Crippen molar-refractivity contribution in [3.8, 4) is 52.0 Å². The Morgan fingerprint density at radius 3 is 1.06 bits per heavy atom. The second-order valence-electron chi connectivity index (χ2n) is 39.8. The fraction of sp³-hybridized carbons (Fsp3) is 0.129. The van der Waals surface area contributed by atoms with Crippen molar-refractivity contribution in [1.29, 1.82) is 0 Å². The Morgan fingerprint density at radius 2 is 0.634 bits per heavy atom. The molecule has 0 bridgehead atoms. The maximum atomic E-state index is 6.53. The van der Waals surface area contributed by atoms with Crippen LogP contribution in [0.3, 0.4) is 0 Å². The van der Waals surface area contributed by atoms with Gasteiger partial charge in [-0.15, -0.1) is 136 Å². The smallest absolute Gasteiger partial charge is 0.137 e. The van der Waals surface area contributed by atoms with E-state index in [4.69, 9.17) is 33.6 Å². The van der Waals surface area contributed by atoms with Gasteiger partial charge in [0.05, 0.1) is 10.9 Å². The van der Waals surface area contributed by atoms with Crippen LogP contribution in [0, 0.1) is 56.4 Å². The molecule has 0 saturated carbocycles. The first-order valence-corrected chi connectivity index (χ1v) is 48.6. The van der Waals surface area contributed by atoms with Crippen LogP contribution in [0.1, 0.15) is 79.0 Å². The van der Waals surface area contributed by atoms with Crippen LogP contribution >= 0.6 is 11.3 Å². The number of hydrogen-bond acceptors (Lipinski definition) is 14. The number of benzene rings is 15. The molecule has 3 aliphatic rings. The number of furan rings is 1. The summed E-state index contributed by atoms with van der Waals surface area (Å²) in [6, 6.07) is 128. The van der Waals surface area contributed by atoms with Crippen molar-refractivity contribution in [1.82, 2.24) is 33.2 Å². The SMILES string of the molecule is CN1[CH-]N(c2[c-]c(Oc3[c-]c4c(cc3)c3ccccc3n4-c3cc(C(C)(C)C)ccn3)ccc2)c2c1ccc1c2c2ccccc2n1C.CN1[CH-]N(c2[c-]c(Oc3[c-]c4c(cc3)c3ccccc3n4-c3cc(C(C)(C)C)ccn3)ccc2)c2c1ccc1oc3ccccc3c21.CN1[CH-]N(c2[c-]c(Oc3[c-]c4c(cc3)c3ccccc3n4-c3cc(C(C)(C)C)ccn3)ccc2)c2c1ccc1sc3ccccc3c21.[Pt].[Pt].[Pt]. The zero-order valence-electron chi connectivity index (χ0n) is 81.7. The van der Waals surface area contributed by atoms with Crippen LogP contribution < -0.4 is 43.6 Å². The van der Waals surface area contributed by atoms with E-state index in [0.717, 1.165) is 150 Å². The molecule has 0 N–H and O–H groups in total. The van der Waals surface area contributed by atoms with Crippen molar-refractivity contribution in [2.24, 2.45) is 7.05 Å². The zero-order chi connectivity index (χ0) is 96.5. The predicted octanol–water partition coefficient (Wildman–Crippen LogP) is 31.6. The van der Waals surface area contributed by atoms with Gasteiger partial charge >= 0.3 is 0 Å². The molecular formula is C124H96N13O4Pt3S-9. The normalized spacial score (nSPS) is 13.1. The molecule has 27 rings (SSSR count). The molecule has 21 heteroatoms. The average molecular weight is 2450 g/mol. The van der Waals surface area contributed by atoms with Gasteiger partial charge in [0.15, 0.2) is 0 Å². The maximum absolute atomic E-state index is 6.53. The van der Waals surface area contributed by atoms with E-state index >= 15 is 0 Å². The van der Waals surface area contributed by atoms with Gasteiger partial charge in [-0.1, -0.05) is 188 Å². The molecule has 726 valence electrons. The molecule has 145 heavy (non-hydrogen) atoms. The Hall–Kier alpha value is -14.8. The number of para-hydroxylation sites is 5. The monoisotopic (exact) mass is 2450 g/mol. The van der Waals surface area contributed by atoms with Gasteiger partial charge in [0.1, 0.15) is 28.6 Å². The summed E-state index contributed by atoms with van der Waals surface area (Å²) in [5.41, 5.74) is 23.2. The van der Waals surface area contributed by atoms with Crippen molar-refractivity contribution in [2.75, 3.05) is 50.5 Å². The summed E-state index contributed by atoms with van der Waals surface area (Å²) >= 11 is 1.83. The fourth-order valence-corrected chi connectivity index (χ4v) is 21.7. The summed E-state index contributed by atoms with van der Waals surface area (Å²) in [5, 5.41) is 13.9. The first kappa shape index (κ1) is 95.1. The quantitative estimate of drug-likeness (QED) is 0.108. The van der Waals surface area contributed by atoms with E-state index in [9.17, 15) is 0 Å². The van der Waals surface area contributed by atoms with Crippen LogP contribution in [0.4, 0.5) is 51.2 Å². The van der Waals surface area contributed by atoms with Gasteiger partial charge in [0.25, 0.3) is 0 Å². The number of nitrogens with zero attached hydrogens (tertiary/aromatic N) is 13. The minimum Gasteiger partial charge on any atom is -0.509 e. The van der Waals surface area contributed by atoms with Crippen LogP contribution in [0.15, 0.2) is 332 Å². The molecule has 3 aliphatic heterocycles. The molecule has 0 atom stereocenters. The summed E-state index contributed by atoms with van der Waals surface area (Å²) in [5.74, 6) is 6.27. The number of rotatable bonds is 12. The first-order chi connectivity index (χ1) is 68.9. The molecule has 0 spiro atoms. The van der Waals surface area contributed by atoms with Crippen molar-refractivity contribution in [2.45, 2.75) is 78.6 Å². The Kier molecular flexibility index (Phi) is 24.4. The third-order valence-electron chi connectivity index (χ3n) is 27.6. The third-order valence-corrected chi connectivity index (χ3v) is 28.8. The molecule has 0 amide bonds. The molecule has 24 aromatic rings. The standard InChI is InChI=1S/C42H34N5O.C41H31N4O2.C41H31N4OS.3Pt/c1-42(2,3)27-21-22-43-39(23-27)47-35-16-9-6-13-31(35)32-18-17-30(25-38(32)47)48-29-12-10-11-28(24-29)46-26-44(4)37-20-19-36-40(41(37)46)33-14-7-8-15-34(33)45(36)5;2*1-41(2,3)26-20-21-42-38(22-26)45-33-14-7-5-12-30(33)31-17-16-29(24-35(31)45)46-28-11-9-10-27(23-28)44-25-43(4)34-18-19-37-39(40(34)44)32-13-6-8-15-36(32)47-37;;;/h6-23,26H,1-5H3;2*5-22,25H,1-4H3;;;/q3*-3;;;. The molecule has 15 aromatic carbocycles. The summed E-state index contributed by atoms with van der Waals surface area (Å²) in [6.45, 7) is 26.3. The topological polar surface area (TPSA) is 119 Å². The molecule has 0 fully saturated rings. The molecule has 0 saturated heterocycles. The number of aryl methyl sites for hydroxylation is 1. The molecule has 9 aromatic heterocycles. The van der Waals surface area contributed by atoms with Gasteiger partial charge in [-0.3, -0.25) is 0 Å². The summed E-state index contributed by atoms with van der Waals surface area (Å²) in [6.07, 6.45) is 5.69. The molecular weight excluding hydrogens is 2350 g/mol. The Morgan fingerprint density at radius 1 is 0.283 bits per heavy atom. The van der Waals surface area contributed by atoms with Crippen molar-refractivity contribution in [3.05, 3.63) is 401 Å². The van der Waals surface area contributed by atoms with E-state index in [-0.39, 0.29) is 79.4 Å². The number of thiophene rings is 1. The Bertz CT molecular complexity index is 8900. The van der Waals surface area contributed by atoms with Gasteiger partial charge in [-0.25, -0.2) is 15.0 Å². The number of pyridine rings is 3. The first-order valence-electron chi connectivity index (χ1n) is 47.8. The number of anilines is 9. The van der Waals surface area contributed by atoms with Crippen LogP contribution in [0.5, 0.6) is 34.5 Å². The van der Waals surface area contributed by atoms with Gasteiger partial charge in [-0.2, -0.15) is 56.4 Å². The minimum atomic E-state index is -0.00609. The molecule has 17 nitrogen and oxygen atoms in total. The second-order valence-corrected chi connectivity index (χ2v) is 40.9. The zero-order valence-corrected chi connectivity index (χ0v) is 89.3. The van der Waals surface area contributed by atoms with E-state index in [1.807, 2.05) is 115 Å². The predicted molar refractivity (Wildman–Crippen MR) is 582 cm³/mol. The number of fused-ring (bicyclic) bond motifs is 24.